The summed E-state index contributed by atoms with van der Waals surface area (Å²) in [6.45, 7) is 4.99. The van der Waals surface area contributed by atoms with Crippen LogP contribution in [0.25, 0.3) is 0 Å². The molecule has 1 saturated heterocycles. The fraction of sp³-hybridized carbons (Fsp3) is 0.533. The SMILES string of the molecule is COC1(C)CCCN(Cc2ccccc2C(=N)N)C1. The summed E-state index contributed by atoms with van der Waals surface area (Å²) in [7, 11) is 1.78. The minimum Gasteiger partial charge on any atom is -0.384 e. The Morgan fingerprint density at radius 1 is 1.47 bits per heavy atom. The summed E-state index contributed by atoms with van der Waals surface area (Å²) in [5.74, 6) is 0.141. The molecule has 4 nitrogen and oxygen atoms in total. The zero-order valence-corrected chi connectivity index (χ0v) is 11.8. The fourth-order valence-corrected chi connectivity index (χ4v) is 2.77. The van der Waals surface area contributed by atoms with Crippen molar-refractivity contribution in [3.05, 3.63) is 35.4 Å². The summed E-state index contributed by atoms with van der Waals surface area (Å²) in [6, 6.07) is 7.89. The lowest BCUT2D eigenvalue weighted by molar-refractivity contribution is -0.0527. The van der Waals surface area contributed by atoms with Crippen molar-refractivity contribution in [1.29, 1.82) is 5.41 Å². The molecule has 0 spiro atoms. The van der Waals surface area contributed by atoms with E-state index in [9.17, 15) is 0 Å². The molecule has 1 fully saturated rings. The zero-order valence-electron chi connectivity index (χ0n) is 11.8. The Labute approximate surface area is 115 Å². The van der Waals surface area contributed by atoms with Gasteiger partial charge in [0.05, 0.1) is 5.60 Å². The topological polar surface area (TPSA) is 62.3 Å². The summed E-state index contributed by atoms with van der Waals surface area (Å²) >= 11 is 0. The van der Waals surface area contributed by atoms with Gasteiger partial charge >= 0.3 is 0 Å². The molecule has 0 amide bonds. The van der Waals surface area contributed by atoms with Crippen LogP contribution in [0.15, 0.2) is 24.3 Å². The number of hydrogen-bond acceptors (Lipinski definition) is 3. The molecule has 0 saturated carbocycles. The van der Waals surface area contributed by atoms with E-state index < -0.39 is 0 Å². The molecule has 1 aliphatic rings. The van der Waals surface area contributed by atoms with Gasteiger partial charge in [-0.05, 0) is 31.9 Å². The number of nitrogens with two attached hydrogens (primary N) is 1. The molecule has 1 atom stereocenters. The first-order chi connectivity index (χ1) is 9.04. The number of nitrogens with one attached hydrogen (secondary N) is 1. The molecule has 0 bridgehead atoms. The second-order valence-corrected chi connectivity index (χ2v) is 5.54. The number of rotatable bonds is 4. The summed E-state index contributed by atoms with van der Waals surface area (Å²) in [4.78, 5) is 2.38. The van der Waals surface area contributed by atoms with Crippen LogP contribution < -0.4 is 5.73 Å². The Balaban J connectivity index is 2.11. The predicted molar refractivity (Wildman–Crippen MR) is 77.4 cm³/mol. The van der Waals surface area contributed by atoms with Gasteiger partial charge in [0.1, 0.15) is 5.84 Å². The monoisotopic (exact) mass is 261 g/mol. The van der Waals surface area contributed by atoms with E-state index >= 15 is 0 Å². The molecule has 104 valence electrons. The summed E-state index contributed by atoms with van der Waals surface area (Å²) < 4.78 is 5.62. The molecule has 19 heavy (non-hydrogen) atoms. The molecule has 1 heterocycles. The number of nitrogen functional groups attached to an aromatic ring is 1. The van der Waals surface area contributed by atoms with E-state index in [-0.39, 0.29) is 11.4 Å². The van der Waals surface area contributed by atoms with Gasteiger partial charge < -0.3 is 10.5 Å². The zero-order chi connectivity index (χ0) is 13.9. The standard InChI is InChI=1S/C15H23N3O/c1-15(19-2)8-5-9-18(11-15)10-12-6-3-4-7-13(12)14(16)17/h3-4,6-7H,5,8-11H2,1-2H3,(H3,16,17). The number of methoxy groups -OCH3 is 1. The highest BCUT2D eigenvalue weighted by Gasteiger charge is 2.30. The lowest BCUT2D eigenvalue weighted by Crippen LogP contribution is -2.47. The molecule has 4 heteroatoms. The third kappa shape index (κ3) is 3.33. The van der Waals surface area contributed by atoms with E-state index in [1.54, 1.807) is 7.11 Å². The highest BCUT2D eigenvalue weighted by atomic mass is 16.5. The molecule has 0 radical (unpaired) electrons. The van der Waals surface area contributed by atoms with Crippen molar-refractivity contribution in [3.8, 4) is 0 Å². The van der Waals surface area contributed by atoms with Gasteiger partial charge in [-0.15, -0.1) is 0 Å². The molecule has 1 aromatic carbocycles. The van der Waals surface area contributed by atoms with E-state index in [1.807, 2.05) is 18.2 Å². The number of hydrogen-bond donors (Lipinski definition) is 2. The smallest absolute Gasteiger partial charge is 0.123 e. The van der Waals surface area contributed by atoms with Crippen LogP contribution in [-0.4, -0.2) is 36.5 Å². The number of likely N-dealkylation sites (tertiary alicyclic amines) is 1. The van der Waals surface area contributed by atoms with E-state index in [0.29, 0.717) is 0 Å². The van der Waals surface area contributed by atoms with Crippen LogP contribution in [0.4, 0.5) is 0 Å². The van der Waals surface area contributed by atoms with Crippen molar-refractivity contribution >= 4 is 5.84 Å². The summed E-state index contributed by atoms with van der Waals surface area (Å²) in [5, 5.41) is 7.64. The lowest BCUT2D eigenvalue weighted by Gasteiger charge is -2.39. The van der Waals surface area contributed by atoms with E-state index in [0.717, 1.165) is 43.6 Å². The minimum absolute atomic E-state index is 0.0522. The second-order valence-electron chi connectivity index (χ2n) is 5.54. The van der Waals surface area contributed by atoms with E-state index in [4.69, 9.17) is 15.9 Å². The quantitative estimate of drug-likeness (QED) is 0.643. The molecule has 1 aliphatic heterocycles. The molecule has 2 rings (SSSR count). The summed E-state index contributed by atoms with van der Waals surface area (Å²) in [5.41, 5.74) is 7.55. The average Bonchev–Trinajstić information content (AvgIpc) is 2.39. The first-order valence-electron chi connectivity index (χ1n) is 6.74. The Hall–Kier alpha value is -1.39. The number of piperidine rings is 1. The van der Waals surface area contributed by atoms with Crippen molar-refractivity contribution < 1.29 is 4.74 Å². The molecule has 0 aromatic heterocycles. The maximum Gasteiger partial charge on any atom is 0.123 e. The van der Waals surface area contributed by atoms with Gasteiger partial charge in [0.15, 0.2) is 0 Å². The van der Waals surface area contributed by atoms with Crippen molar-refractivity contribution in [3.63, 3.8) is 0 Å². The van der Waals surface area contributed by atoms with Gasteiger partial charge in [-0.25, -0.2) is 0 Å². The Morgan fingerprint density at radius 2 is 2.21 bits per heavy atom. The van der Waals surface area contributed by atoms with Gasteiger partial charge in [-0.1, -0.05) is 24.3 Å². The molecule has 3 N–H and O–H groups in total. The minimum atomic E-state index is -0.0522. The number of nitrogens with zero attached hydrogens (tertiary/aromatic N) is 1. The van der Waals surface area contributed by atoms with Crippen LogP contribution in [0.5, 0.6) is 0 Å². The van der Waals surface area contributed by atoms with Crippen LogP contribution in [0.3, 0.4) is 0 Å². The van der Waals surface area contributed by atoms with Crippen molar-refractivity contribution in [2.75, 3.05) is 20.2 Å². The molecular formula is C15H23N3O. The van der Waals surface area contributed by atoms with Gasteiger partial charge in [-0.3, -0.25) is 10.3 Å². The normalized spacial score (nSPS) is 24.3. The van der Waals surface area contributed by atoms with Crippen molar-refractivity contribution in [2.24, 2.45) is 5.73 Å². The largest absolute Gasteiger partial charge is 0.384 e. The molecule has 1 aromatic rings. The Kier molecular flexibility index (Phi) is 4.22. The van der Waals surface area contributed by atoms with Crippen molar-refractivity contribution in [1.82, 2.24) is 4.90 Å². The second kappa shape index (κ2) is 5.72. The predicted octanol–water partition coefficient (Wildman–Crippen LogP) is 1.97. The number of amidine groups is 1. The fourth-order valence-electron chi connectivity index (χ4n) is 2.77. The first-order valence-corrected chi connectivity index (χ1v) is 6.74. The lowest BCUT2D eigenvalue weighted by atomic mass is 9.94. The Bertz CT molecular complexity index is 460. The maximum atomic E-state index is 7.64. The van der Waals surface area contributed by atoms with Crippen LogP contribution >= 0.6 is 0 Å². The van der Waals surface area contributed by atoms with Gasteiger partial charge in [0.25, 0.3) is 0 Å². The average molecular weight is 261 g/mol. The molecule has 1 unspecified atom stereocenters. The van der Waals surface area contributed by atoms with Gasteiger partial charge in [0.2, 0.25) is 0 Å². The third-order valence-corrected chi connectivity index (χ3v) is 3.93. The van der Waals surface area contributed by atoms with Crippen LogP contribution in [-0.2, 0) is 11.3 Å². The highest BCUT2D eigenvalue weighted by molar-refractivity contribution is 5.96. The summed E-state index contributed by atoms with van der Waals surface area (Å²) in [6.07, 6.45) is 2.25. The van der Waals surface area contributed by atoms with Crippen LogP contribution in [0.2, 0.25) is 0 Å². The first kappa shape index (κ1) is 14.0. The number of ether oxygens (including phenoxy) is 1. The van der Waals surface area contributed by atoms with Crippen LogP contribution in [0.1, 0.15) is 30.9 Å². The van der Waals surface area contributed by atoms with Gasteiger partial charge in [0, 0.05) is 25.8 Å². The molecular weight excluding hydrogens is 238 g/mol. The van der Waals surface area contributed by atoms with Gasteiger partial charge in [-0.2, -0.15) is 0 Å². The van der Waals surface area contributed by atoms with E-state index in [2.05, 4.69) is 17.9 Å². The van der Waals surface area contributed by atoms with E-state index in [1.165, 1.54) is 0 Å². The highest BCUT2D eigenvalue weighted by Crippen LogP contribution is 2.25. The maximum absolute atomic E-state index is 7.64. The number of benzene rings is 1. The van der Waals surface area contributed by atoms with Crippen molar-refractivity contribution in [2.45, 2.75) is 31.9 Å². The van der Waals surface area contributed by atoms with Crippen LogP contribution in [0, 0.1) is 5.41 Å². The molecule has 0 aliphatic carbocycles. The Morgan fingerprint density at radius 3 is 2.89 bits per heavy atom. The third-order valence-electron chi connectivity index (χ3n) is 3.93.